The van der Waals surface area contributed by atoms with Crippen molar-refractivity contribution < 1.29 is 14.7 Å². The number of amides is 2. The number of carbonyl (C=O) groups is 2. The SMILES string of the molecule is O=C(NC1CC1)c1ccc(Cl)c(-c2ccc3c(c2)CN(c2ccccc2O)C3=O)c1. The van der Waals surface area contributed by atoms with Gasteiger partial charge in [-0.15, -0.1) is 0 Å². The van der Waals surface area contributed by atoms with E-state index in [0.29, 0.717) is 28.4 Å². The number of nitrogens with one attached hydrogen (secondary N) is 1. The molecule has 2 aliphatic rings. The largest absolute Gasteiger partial charge is 0.506 e. The monoisotopic (exact) mass is 418 g/mol. The van der Waals surface area contributed by atoms with Crippen LogP contribution in [-0.4, -0.2) is 23.0 Å². The molecule has 0 aromatic heterocycles. The maximum atomic E-state index is 12.9. The summed E-state index contributed by atoms with van der Waals surface area (Å²) in [6.07, 6.45) is 2.05. The zero-order chi connectivity index (χ0) is 20.8. The van der Waals surface area contributed by atoms with Gasteiger partial charge in [-0.05, 0) is 66.4 Å². The maximum Gasteiger partial charge on any atom is 0.259 e. The van der Waals surface area contributed by atoms with Crippen molar-refractivity contribution in [3.63, 3.8) is 0 Å². The van der Waals surface area contributed by atoms with E-state index in [1.54, 1.807) is 53.4 Å². The Kier molecular flexibility index (Phi) is 4.48. The molecule has 1 saturated carbocycles. The third-order valence-electron chi connectivity index (χ3n) is 5.53. The summed E-state index contributed by atoms with van der Waals surface area (Å²) in [4.78, 5) is 26.8. The van der Waals surface area contributed by atoms with Crippen LogP contribution in [0.5, 0.6) is 5.75 Å². The molecule has 1 aliphatic carbocycles. The molecule has 0 atom stereocenters. The van der Waals surface area contributed by atoms with E-state index in [0.717, 1.165) is 29.5 Å². The van der Waals surface area contributed by atoms with E-state index in [9.17, 15) is 14.7 Å². The normalized spacial score (nSPS) is 15.2. The highest BCUT2D eigenvalue weighted by atomic mass is 35.5. The Labute approximate surface area is 178 Å². The number of carbonyl (C=O) groups excluding carboxylic acids is 2. The molecule has 2 amide bonds. The van der Waals surface area contributed by atoms with E-state index in [-0.39, 0.29) is 23.6 Å². The molecule has 6 heteroatoms. The Morgan fingerprint density at radius 1 is 1.03 bits per heavy atom. The number of halogens is 1. The Morgan fingerprint density at radius 3 is 2.60 bits per heavy atom. The summed E-state index contributed by atoms with van der Waals surface area (Å²) >= 11 is 6.44. The summed E-state index contributed by atoms with van der Waals surface area (Å²) in [6.45, 7) is 0.360. The Morgan fingerprint density at radius 2 is 1.83 bits per heavy atom. The van der Waals surface area contributed by atoms with E-state index >= 15 is 0 Å². The van der Waals surface area contributed by atoms with Gasteiger partial charge in [0.2, 0.25) is 0 Å². The first-order valence-electron chi connectivity index (χ1n) is 9.85. The summed E-state index contributed by atoms with van der Waals surface area (Å²) in [5.41, 5.74) is 4.08. The standard InChI is InChI=1S/C24H19ClN2O3/c25-20-10-6-15(23(29)26-17-7-8-17)12-19(20)14-5-9-18-16(11-14)13-27(24(18)30)21-3-1-2-4-22(21)28/h1-6,9-12,17,28H,7-8,13H2,(H,26,29). The first-order valence-corrected chi connectivity index (χ1v) is 10.2. The molecule has 3 aromatic carbocycles. The molecule has 150 valence electrons. The molecule has 0 unspecified atom stereocenters. The molecule has 1 aliphatic heterocycles. The van der Waals surface area contributed by atoms with Gasteiger partial charge in [0.15, 0.2) is 0 Å². The van der Waals surface area contributed by atoms with Gasteiger partial charge in [-0.3, -0.25) is 9.59 Å². The third-order valence-corrected chi connectivity index (χ3v) is 5.86. The van der Waals surface area contributed by atoms with E-state index in [1.807, 2.05) is 12.1 Å². The number of aromatic hydroxyl groups is 1. The van der Waals surface area contributed by atoms with Crippen molar-refractivity contribution in [2.24, 2.45) is 0 Å². The van der Waals surface area contributed by atoms with Crippen molar-refractivity contribution in [1.82, 2.24) is 5.32 Å². The van der Waals surface area contributed by atoms with Crippen LogP contribution in [0.4, 0.5) is 5.69 Å². The lowest BCUT2D eigenvalue weighted by Crippen LogP contribution is -2.25. The van der Waals surface area contributed by atoms with Crippen LogP contribution in [0.2, 0.25) is 5.02 Å². The minimum Gasteiger partial charge on any atom is -0.506 e. The molecule has 0 radical (unpaired) electrons. The van der Waals surface area contributed by atoms with Gasteiger partial charge in [0.25, 0.3) is 11.8 Å². The second-order valence-corrected chi connectivity index (χ2v) is 8.10. The quantitative estimate of drug-likeness (QED) is 0.641. The van der Waals surface area contributed by atoms with Gasteiger partial charge in [0.05, 0.1) is 12.2 Å². The number of rotatable bonds is 4. The van der Waals surface area contributed by atoms with Gasteiger partial charge in [0, 0.05) is 27.8 Å². The van der Waals surface area contributed by atoms with Crippen LogP contribution < -0.4 is 10.2 Å². The minimum atomic E-state index is -0.151. The first-order chi connectivity index (χ1) is 14.5. The van der Waals surface area contributed by atoms with Gasteiger partial charge >= 0.3 is 0 Å². The molecule has 1 heterocycles. The van der Waals surface area contributed by atoms with E-state index in [1.165, 1.54) is 0 Å². The molecule has 3 aromatic rings. The zero-order valence-corrected chi connectivity index (χ0v) is 16.8. The van der Waals surface area contributed by atoms with Crippen LogP contribution in [0.15, 0.2) is 60.7 Å². The second-order valence-electron chi connectivity index (χ2n) is 7.69. The van der Waals surface area contributed by atoms with Crippen molar-refractivity contribution in [3.8, 4) is 16.9 Å². The smallest absolute Gasteiger partial charge is 0.259 e. The summed E-state index contributed by atoms with van der Waals surface area (Å²) in [6, 6.07) is 17.9. The fraction of sp³-hybridized carbons (Fsp3) is 0.167. The second kappa shape index (κ2) is 7.18. The number of hydrogen-bond donors (Lipinski definition) is 2. The highest BCUT2D eigenvalue weighted by molar-refractivity contribution is 6.33. The number of anilines is 1. The van der Waals surface area contributed by atoms with Crippen molar-refractivity contribution in [2.75, 3.05) is 4.90 Å². The lowest BCUT2D eigenvalue weighted by atomic mass is 9.98. The fourth-order valence-corrected chi connectivity index (χ4v) is 3.99. The fourth-order valence-electron chi connectivity index (χ4n) is 3.76. The number of hydrogen-bond acceptors (Lipinski definition) is 3. The summed E-state index contributed by atoms with van der Waals surface area (Å²) in [7, 11) is 0. The lowest BCUT2D eigenvalue weighted by molar-refractivity contribution is 0.0949. The topological polar surface area (TPSA) is 69.6 Å². The number of nitrogens with zero attached hydrogens (tertiary/aromatic N) is 1. The van der Waals surface area contributed by atoms with E-state index < -0.39 is 0 Å². The van der Waals surface area contributed by atoms with Gasteiger partial charge in [-0.1, -0.05) is 29.8 Å². The third kappa shape index (κ3) is 3.31. The highest BCUT2D eigenvalue weighted by Gasteiger charge is 2.30. The summed E-state index contributed by atoms with van der Waals surface area (Å²) in [5.74, 6) is -0.185. The average molecular weight is 419 g/mol. The lowest BCUT2D eigenvalue weighted by Gasteiger charge is -2.16. The van der Waals surface area contributed by atoms with Gasteiger partial charge in [-0.2, -0.15) is 0 Å². The Hall–Kier alpha value is -3.31. The predicted octanol–water partition coefficient (Wildman–Crippen LogP) is 4.77. The van der Waals surface area contributed by atoms with Crippen molar-refractivity contribution in [2.45, 2.75) is 25.4 Å². The molecular weight excluding hydrogens is 400 g/mol. The van der Waals surface area contributed by atoms with Gasteiger partial charge < -0.3 is 15.3 Å². The number of benzene rings is 3. The first kappa shape index (κ1) is 18.7. The molecule has 0 spiro atoms. The Bertz CT molecular complexity index is 1190. The average Bonchev–Trinajstić information content (AvgIpc) is 3.50. The van der Waals surface area contributed by atoms with Crippen molar-refractivity contribution in [1.29, 1.82) is 0 Å². The van der Waals surface area contributed by atoms with Crippen LogP contribution in [-0.2, 0) is 6.54 Å². The summed E-state index contributed by atoms with van der Waals surface area (Å²) < 4.78 is 0. The molecular formula is C24H19ClN2O3. The number of fused-ring (bicyclic) bond motifs is 1. The van der Waals surface area contributed by atoms with Crippen molar-refractivity contribution >= 4 is 29.1 Å². The molecule has 0 saturated heterocycles. The molecule has 5 rings (SSSR count). The van der Waals surface area contributed by atoms with Crippen LogP contribution in [0.3, 0.4) is 0 Å². The van der Waals surface area contributed by atoms with Crippen LogP contribution in [0.1, 0.15) is 39.1 Å². The highest BCUT2D eigenvalue weighted by Crippen LogP contribution is 2.37. The molecule has 1 fully saturated rings. The molecule has 5 nitrogen and oxygen atoms in total. The van der Waals surface area contributed by atoms with Crippen LogP contribution >= 0.6 is 11.6 Å². The van der Waals surface area contributed by atoms with E-state index in [4.69, 9.17) is 11.6 Å². The number of para-hydroxylation sites is 2. The van der Waals surface area contributed by atoms with Gasteiger partial charge in [0.1, 0.15) is 5.75 Å². The van der Waals surface area contributed by atoms with E-state index in [2.05, 4.69) is 5.32 Å². The van der Waals surface area contributed by atoms with Crippen molar-refractivity contribution in [3.05, 3.63) is 82.4 Å². The number of phenols is 1. The minimum absolute atomic E-state index is 0.0660. The molecule has 0 bridgehead atoms. The van der Waals surface area contributed by atoms with Crippen LogP contribution in [0, 0.1) is 0 Å². The Balaban J connectivity index is 1.48. The maximum absolute atomic E-state index is 12.9. The summed E-state index contributed by atoms with van der Waals surface area (Å²) in [5, 5.41) is 13.7. The molecule has 30 heavy (non-hydrogen) atoms. The van der Waals surface area contributed by atoms with Crippen LogP contribution in [0.25, 0.3) is 11.1 Å². The number of phenolic OH excluding ortho intramolecular Hbond substituents is 1. The molecule has 2 N–H and O–H groups in total. The predicted molar refractivity (Wildman–Crippen MR) is 116 cm³/mol. The van der Waals surface area contributed by atoms with Gasteiger partial charge in [-0.25, -0.2) is 0 Å². The zero-order valence-electron chi connectivity index (χ0n) is 16.1.